The second-order valence-electron chi connectivity index (χ2n) is 6.98. The highest BCUT2D eigenvalue weighted by molar-refractivity contribution is 7.89. The van der Waals surface area contributed by atoms with Crippen LogP contribution >= 0.6 is 12.4 Å². The molecular formula is C18H29ClN4O3S. The summed E-state index contributed by atoms with van der Waals surface area (Å²) < 4.78 is 26.9. The van der Waals surface area contributed by atoms with Crippen LogP contribution in [0.1, 0.15) is 24.8 Å². The van der Waals surface area contributed by atoms with Crippen molar-refractivity contribution in [3.8, 4) is 0 Å². The van der Waals surface area contributed by atoms with E-state index in [1.165, 1.54) is 0 Å². The number of piperazine rings is 1. The molecule has 9 heteroatoms. The minimum Gasteiger partial charge on any atom is -0.355 e. The van der Waals surface area contributed by atoms with Gasteiger partial charge in [-0.3, -0.25) is 9.69 Å². The van der Waals surface area contributed by atoms with Crippen LogP contribution in [0.5, 0.6) is 0 Å². The molecular weight excluding hydrogens is 388 g/mol. The summed E-state index contributed by atoms with van der Waals surface area (Å²) in [4.78, 5) is 14.6. The molecule has 1 saturated heterocycles. The topological polar surface area (TPSA) is 90.5 Å². The fourth-order valence-electron chi connectivity index (χ4n) is 2.96. The molecule has 0 atom stereocenters. The maximum Gasteiger partial charge on any atom is 0.240 e. The van der Waals surface area contributed by atoms with E-state index in [1.54, 1.807) is 24.3 Å². The van der Waals surface area contributed by atoms with Crippen molar-refractivity contribution in [3.63, 3.8) is 0 Å². The molecule has 1 amide bonds. The number of rotatable bonds is 9. The minimum absolute atomic E-state index is 0. The van der Waals surface area contributed by atoms with Crippen LogP contribution in [0, 0.1) is 0 Å². The number of carbonyl (C=O) groups excluding carboxylic acids is 1. The molecule has 7 nitrogen and oxygen atoms in total. The van der Waals surface area contributed by atoms with Crippen LogP contribution in [-0.2, 0) is 21.2 Å². The van der Waals surface area contributed by atoms with Gasteiger partial charge in [0.15, 0.2) is 0 Å². The smallest absolute Gasteiger partial charge is 0.240 e. The number of amides is 1. The zero-order chi connectivity index (χ0) is 18.4. The third-order valence-corrected chi connectivity index (χ3v) is 6.27. The van der Waals surface area contributed by atoms with Gasteiger partial charge in [0.05, 0.1) is 4.90 Å². The van der Waals surface area contributed by atoms with Crippen molar-refractivity contribution in [3.05, 3.63) is 29.8 Å². The summed E-state index contributed by atoms with van der Waals surface area (Å²) in [6.07, 6.45) is 2.85. The maximum absolute atomic E-state index is 12.1. The van der Waals surface area contributed by atoms with E-state index in [0.29, 0.717) is 19.4 Å². The number of aryl methyl sites for hydroxylation is 1. The van der Waals surface area contributed by atoms with Crippen molar-refractivity contribution in [2.75, 3.05) is 39.3 Å². The minimum atomic E-state index is -3.41. The Morgan fingerprint density at radius 3 is 2.44 bits per heavy atom. The van der Waals surface area contributed by atoms with E-state index in [9.17, 15) is 13.2 Å². The predicted molar refractivity (Wildman–Crippen MR) is 108 cm³/mol. The van der Waals surface area contributed by atoms with Gasteiger partial charge in [-0.2, -0.15) is 0 Å². The van der Waals surface area contributed by atoms with Crippen molar-refractivity contribution in [1.82, 2.24) is 20.3 Å². The van der Waals surface area contributed by atoms with Gasteiger partial charge in [-0.25, -0.2) is 13.1 Å². The molecule has 152 valence electrons. The molecule has 2 fully saturated rings. The first-order chi connectivity index (χ1) is 12.5. The first-order valence-electron chi connectivity index (χ1n) is 9.34. The van der Waals surface area contributed by atoms with Crippen molar-refractivity contribution in [1.29, 1.82) is 0 Å². The molecule has 3 N–H and O–H groups in total. The molecule has 27 heavy (non-hydrogen) atoms. The summed E-state index contributed by atoms with van der Waals surface area (Å²) in [6, 6.07) is 6.90. The number of benzene rings is 1. The quantitative estimate of drug-likeness (QED) is 0.545. The molecule has 1 aromatic carbocycles. The van der Waals surface area contributed by atoms with Gasteiger partial charge in [0.25, 0.3) is 0 Å². The van der Waals surface area contributed by atoms with Gasteiger partial charge in [-0.15, -0.1) is 12.4 Å². The molecule has 3 rings (SSSR count). The number of nitrogens with zero attached hydrogens (tertiary/aromatic N) is 1. The summed E-state index contributed by atoms with van der Waals surface area (Å²) in [7, 11) is -3.41. The number of hydrogen-bond donors (Lipinski definition) is 3. The third-order valence-electron chi connectivity index (χ3n) is 4.73. The molecule has 1 aromatic rings. The van der Waals surface area contributed by atoms with E-state index in [4.69, 9.17) is 0 Å². The lowest BCUT2D eigenvalue weighted by Gasteiger charge is -2.27. The average Bonchev–Trinajstić information content (AvgIpc) is 3.44. The van der Waals surface area contributed by atoms with Gasteiger partial charge < -0.3 is 10.6 Å². The number of halogens is 1. The molecule has 0 spiro atoms. The van der Waals surface area contributed by atoms with Gasteiger partial charge in [0.1, 0.15) is 0 Å². The standard InChI is InChI=1S/C18H28N4O3S.ClH/c23-18(20-11-14-22-12-9-19-10-13-22)8-3-15-1-6-17(7-2-15)26(24,25)21-16-4-5-16;/h1-2,6-7,16,19,21H,3-5,8-14H2,(H,20,23);1H. The molecule has 1 aliphatic heterocycles. The van der Waals surface area contributed by atoms with Gasteiger partial charge in [-0.05, 0) is 37.0 Å². The van der Waals surface area contributed by atoms with Crippen LogP contribution in [0.4, 0.5) is 0 Å². The van der Waals surface area contributed by atoms with E-state index in [2.05, 4.69) is 20.3 Å². The maximum atomic E-state index is 12.1. The molecule has 2 aliphatic rings. The third kappa shape index (κ3) is 7.38. The van der Waals surface area contributed by atoms with E-state index in [0.717, 1.165) is 51.1 Å². The summed E-state index contributed by atoms with van der Waals surface area (Å²) in [5.74, 6) is 0.0345. The molecule has 1 heterocycles. The van der Waals surface area contributed by atoms with Gasteiger partial charge in [0, 0.05) is 51.7 Å². The van der Waals surface area contributed by atoms with E-state index < -0.39 is 10.0 Å². The van der Waals surface area contributed by atoms with Crippen LogP contribution in [0.2, 0.25) is 0 Å². The lowest BCUT2D eigenvalue weighted by Crippen LogP contribution is -2.46. The predicted octanol–water partition coefficient (Wildman–Crippen LogP) is 0.503. The Bertz CT molecular complexity index is 702. The van der Waals surface area contributed by atoms with Gasteiger partial charge in [0.2, 0.25) is 15.9 Å². The Hall–Kier alpha value is -1.19. The van der Waals surface area contributed by atoms with E-state index in [-0.39, 0.29) is 29.3 Å². The number of sulfonamides is 1. The molecule has 1 saturated carbocycles. The lowest BCUT2D eigenvalue weighted by atomic mass is 10.1. The Kier molecular flexibility index (Phi) is 8.50. The molecule has 0 unspecified atom stereocenters. The molecule has 1 aliphatic carbocycles. The SMILES string of the molecule is Cl.O=C(CCc1ccc(S(=O)(=O)NC2CC2)cc1)NCCN1CCNCC1. The Labute approximate surface area is 167 Å². The van der Waals surface area contributed by atoms with Crippen molar-refractivity contribution < 1.29 is 13.2 Å². The number of nitrogens with one attached hydrogen (secondary N) is 3. The average molecular weight is 417 g/mol. The van der Waals surface area contributed by atoms with Crippen molar-refractivity contribution in [2.45, 2.75) is 36.6 Å². The van der Waals surface area contributed by atoms with Gasteiger partial charge >= 0.3 is 0 Å². The monoisotopic (exact) mass is 416 g/mol. The van der Waals surface area contributed by atoms with Crippen molar-refractivity contribution >= 4 is 28.3 Å². The first-order valence-corrected chi connectivity index (χ1v) is 10.8. The van der Waals surface area contributed by atoms with Gasteiger partial charge in [-0.1, -0.05) is 12.1 Å². The van der Waals surface area contributed by atoms with Crippen LogP contribution < -0.4 is 15.4 Å². The highest BCUT2D eigenvalue weighted by atomic mass is 35.5. The van der Waals surface area contributed by atoms with E-state index in [1.807, 2.05) is 0 Å². The summed E-state index contributed by atoms with van der Waals surface area (Å²) in [6.45, 7) is 5.63. The fourth-order valence-corrected chi connectivity index (χ4v) is 4.26. The largest absolute Gasteiger partial charge is 0.355 e. The molecule has 0 aromatic heterocycles. The van der Waals surface area contributed by atoms with Crippen molar-refractivity contribution in [2.24, 2.45) is 0 Å². The summed E-state index contributed by atoms with van der Waals surface area (Å²) in [5.41, 5.74) is 0.965. The molecule has 0 radical (unpaired) electrons. The normalized spacial score (nSPS) is 17.9. The lowest BCUT2D eigenvalue weighted by molar-refractivity contribution is -0.121. The number of carbonyl (C=O) groups is 1. The fraction of sp³-hybridized carbons (Fsp3) is 0.611. The second-order valence-corrected chi connectivity index (χ2v) is 8.70. The van der Waals surface area contributed by atoms with Crippen LogP contribution in [0.3, 0.4) is 0 Å². The Balaban J connectivity index is 0.00000261. The zero-order valence-electron chi connectivity index (χ0n) is 15.4. The van der Waals surface area contributed by atoms with Crippen LogP contribution in [0.15, 0.2) is 29.2 Å². The first kappa shape index (κ1) is 22.1. The van der Waals surface area contributed by atoms with Crippen LogP contribution in [-0.4, -0.2) is 64.5 Å². The second kappa shape index (κ2) is 10.4. The number of hydrogen-bond acceptors (Lipinski definition) is 5. The zero-order valence-corrected chi connectivity index (χ0v) is 17.1. The Morgan fingerprint density at radius 1 is 1.15 bits per heavy atom. The van der Waals surface area contributed by atoms with E-state index >= 15 is 0 Å². The Morgan fingerprint density at radius 2 is 1.81 bits per heavy atom. The highest BCUT2D eigenvalue weighted by Gasteiger charge is 2.27. The van der Waals surface area contributed by atoms with Crippen LogP contribution in [0.25, 0.3) is 0 Å². The highest BCUT2D eigenvalue weighted by Crippen LogP contribution is 2.22. The summed E-state index contributed by atoms with van der Waals surface area (Å²) >= 11 is 0. The molecule has 0 bridgehead atoms. The summed E-state index contributed by atoms with van der Waals surface area (Å²) in [5, 5.41) is 6.26.